The molecule has 1 aromatic heterocycles. The fraction of sp³-hybridized carbons (Fsp3) is 0.333. The van der Waals surface area contributed by atoms with Crippen LogP contribution in [0.1, 0.15) is 16.9 Å². The normalized spacial score (nSPS) is 9.88. The monoisotopic (exact) mass is 240 g/mol. The molecular weight excluding hydrogens is 228 g/mol. The van der Waals surface area contributed by atoms with Crippen LogP contribution in [0.15, 0.2) is 12.3 Å². The number of amides is 2. The van der Waals surface area contributed by atoms with E-state index in [1.807, 2.05) is 0 Å². The van der Waals surface area contributed by atoms with Crippen molar-refractivity contribution >= 4 is 17.8 Å². The van der Waals surface area contributed by atoms with E-state index in [1.54, 1.807) is 0 Å². The molecule has 1 aromatic rings. The van der Waals surface area contributed by atoms with E-state index in [-0.39, 0.29) is 31.1 Å². The molecule has 0 spiro atoms. The van der Waals surface area contributed by atoms with E-state index in [0.29, 0.717) is 0 Å². The molecule has 4 N–H and O–H groups in total. The molecule has 0 atom stereocenters. The van der Waals surface area contributed by atoms with E-state index >= 15 is 0 Å². The molecule has 0 unspecified atom stereocenters. The quantitative estimate of drug-likeness (QED) is 0.561. The highest BCUT2D eigenvalue weighted by Gasteiger charge is 2.08. The van der Waals surface area contributed by atoms with Gasteiger partial charge in [-0.1, -0.05) is 0 Å². The van der Waals surface area contributed by atoms with Gasteiger partial charge in [0.05, 0.1) is 6.54 Å². The average molecular weight is 240 g/mol. The van der Waals surface area contributed by atoms with Crippen molar-refractivity contribution in [3.8, 4) is 0 Å². The van der Waals surface area contributed by atoms with E-state index in [4.69, 9.17) is 10.8 Å². The molecule has 1 heterocycles. The molecule has 2 amide bonds. The van der Waals surface area contributed by atoms with Crippen molar-refractivity contribution in [1.29, 1.82) is 0 Å². The number of nitrogens with two attached hydrogens (primary N) is 1. The molecule has 0 saturated heterocycles. The SMILES string of the molecule is NC(=O)CNC(=O)CCn1ccc(C(=O)O)n1. The van der Waals surface area contributed by atoms with E-state index in [1.165, 1.54) is 16.9 Å². The highest BCUT2D eigenvalue weighted by Crippen LogP contribution is 1.96. The molecule has 8 heteroatoms. The van der Waals surface area contributed by atoms with Gasteiger partial charge in [0.15, 0.2) is 5.69 Å². The second-order valence-electron chi connectivity index (χ2n) is 3.26. The zero-order chi connectivity index (χ0) is 12.8. The van der Waals surface area contributed by atoms with Gasteiger partial charge in [-0.15, -0.1) is 0 Å². The lowest BCUT2D eigenvalue weighted by Crippen LogP contribution is -2.33. The molecule has 0 fully saturated rings. The van der Waals surface area contributed by atoms with Gasteiger partial charge in [0, 0.05) is 19.2 Å². The number of rotatable bonds is 6. The fourth-order valence-electron chi connectivity index (χ4n) is 1.09. The lowest BCUT2D eigenvalue weighted by Gasteiger charge is -2.02. The van der Waals surface area contributed by atoms with E-state index < -0.39 is 11.9 Å². The molecule has 0 aliphatic carbocycles. The number of carbonyl (C=O) groups excluding carboxylic acids is 2. The first-order chi connectivity index (χ1) is 7.99. The summed E-state index contributed by atoms with van der Waals surface area (Å²) in [6, 6.07) is 1.34. The Labute approximate surface area is 96.4 Å². The molecule has 0 aliphatic rings. The summed E-state index contributed by atoms with van der Waals surface area (Å²) in [5.41, 5.74) is 4.77. The Balaban J connectivity index is 2.36. The van der Waals surface area contributed by atoms with Gasteiger partial charge >= 0.3 is 5.97 Å². The average Bonchev–Trinajstić information content (AvgIpc) is 2.72. The van der Waals surface area contributed by atoms with Crippen LogP contribution in [0, 0.1) is 0 Å². The second-order valence-corrected chi connectivity index (χ2v) is 3.26. The minimum atomic E-state index is -1.12. The van der Waals surface area contributed by atoms with Crippen LogP contribution in [-0.2, 0) is 16.1 Å². The number of hydrogen-bond acceptors (Lipinski definition) is 4. The standard InChI is InChI=1S/C9H12N4O4/c10-7(14)5-11-8(15)2-4-13-3-1-6(12-13)9(16)17/h1,3H,2,4-5H2,(H2,10,14)(H,11,15)(H,16,17). The number of nitrogens with one attached hydrogen (secondary N) is 1. The molecule has 0 aromatic carbocycles. The molecule has 8 nitrogen and oxygen atoms in total. The first kappa shape index (κ1) is 12.7. The van der Waals surface area contributed by atoms with Crippen LogP contribution in [0.25, 0.3) is 0 Å². The van der Waals surface area contributed by atoms with Crippen LogP contribution >= 0.6 is 0 Å². The van der Waals surface area contributed by atoms with Crippen molar-refractivity contribution in [2.45, 2.75) is 13.0 Å². The predicted molar refractivity (Wildman–Crippen MR) is 56.0 cm³/mol. The molecule has 1 rings (SSSR count). The summed E-state index contributed by atoms with van der Waals surface area (Å²) >= 11 is 0. The third-order valence-electron chi connectivity index (χ3n) is 1.89. The third kappa shape index (κ3) is 4.33. The van der Waals surface area contributed by atoms with Crippen LogP contribution in [0.2, 0.25) is 0 Å². The maximum atomic E-state index is 11.2. The number of aromatic nitrogens is 2. The van der Waals surface area contributed by atoms with Crippen LogP contribution in [-0.4, -0.2) is 39.2 Å². The van der Waals surface area contributed by atoms with Gasteiger partial charge in [-0.3, -0.25) is 14.3 Å². The zero-order valence-corrected chi connectivity index (χ0v) is 8.92. The summed E-state index contributed by atoms with van der Waals surface area (Å²) < 4.78 is 1.34. The van der Waals surface area contributed by atoms with Gasteiger partial charge in [0.1, 0.15) is 0 Å². The van der Waals surface area contributed by atoms with Gasteiger partial charge in [-0.05, 0) is 6.07 Å². The number of aryl methyl sites for hydroxylation is 1. The first-order valence-electron chi connectivity index (χ1n) is 4.81. The highest BCUT2D eigenvalue weighted by atomic mass is 16.4. The number of aromatic carboxylic acids is 1. The Kier molecular flexibility index (Phi) is 4.21. The summed E-state index contributed by atoms with van der Waals surface area (Å²) in [5.74, 6) is -2.09. The molecule has 0 saturated carbocycles. The number of carboxylic acids is 1. The smallest absolute Gasteiger partial charge is 0.356 e. The van der Waals surface area contributed by atoms with Gasteiger partial charge in [-0.2, -0.15) is 5.10 Å². The van der Waals surface area contributed by atoms with E-state index in [0.717, 1.165) is 0 Å². The summed E-state index contributed by atoms with van der Waals surface area (Å²) in [4.78, 5) is 32.1. The Morgan fingerprint density at radius 1 is 1.47 bits per heavy atom. The minimum absolute atomic E-state index is 0.0810. The van der Waals surface area contributed by atoms with E-state index in [2.05, 4.69) is 10.4 Å². The van der Waals surface area contributed by atoms with Crippen molar-refractivity contribution in [2.75, 3.05) is 6.54 Å². The maximum absolute atomic E-state index is 11.2. The van der Waals surface area contributed by atoms with Crippen molar-refractivity contribution in [3.63, 3.8) is 0 Å². The van der Waals surface area contributed by atoms with Crippen molar-refractivity contribution in [1.82, 2.24) is 15.1 Å². The third-order valence-corrected chi connectivity index (χ3v) is 1.89. The zero-order valence-electron chi connectivity index (χ0n) is 8.92. The molecule has 0 bridgehead atoms. The highest BCUT2D eigenvalue weighted by molar-refractivity contribution is 5.85. The lowest BCUT2D eigenvalue weighted by atomic mass is 10.4. The molecule has 92 valence electrons. The number of carbonyl (C=O) groups is 3. The largest absolute Gasteiger partial charge is 0.476 e. The predicted octanol–water partition coefficient (Wildman–Crippen LogP) is -1.43. The second kappa shape index (κ2) is 5.64. The Hall–Kier alpha value is -2.38. The van der Waals surface area contributed by atoms with Gasteiger partial charge in [0.2, 0.25) is 11.8 Å². The van der Waals surface area contributed by atoms with Crippen LogP contribution < -0.4 is 11.1 Å². The van der Waals surface area contributed by atoms with Crippen molar-refractivity contribution in [3.05, 3.63) is 18.0 Å². The number of nitrogens with zero attached hydrogens (tertiary/aromatic N) is 2. The maximum Gasteiger partial charge on any atom is 0.356 e. The number of hydrogen-bond donors (Lipinski definition) is 3. The molecule has 0 radical (unpaired) electrons. The topological polar surface area (TPSA) is 127 Å². The van der Waals surface area contributed by atoms with Gasteiger partial charge in [-0.25, -0.2) is 4.79 Å². The number of primary amides is 1. The van der Waals surface area contributed by atoms with Crippen LogP contribution in [0.5, 0.6) is 0 Å². The summed E-state index contributed by atoms with van der Waals surface area (Å²) in [7, 11) is 0. The summed E-state index contributed by atoms with van der Waals surface area (Å²) in [6.45, 7) is 0.0240. The van der Waals surface area contributed by atoms with Crippen LogP contribution in [0.3, 0.4) is 0 Å². The minimum Gasteiger partial charge on any atom is -0.476 e. The van der Waals surface area contributed by atoms with Gasteiger partial charge in [0.25, 0.3) is 0 Å². The van der Waals surface area contributed by atoms with Crippen molar-refractivity contribution < 1.29 is 19.5 Å². The summed E-state index contributed by atoms with van der Waals surface area (Å²) in [6.07, 6.45) is 1.55. The Morgan fingerprint density at radius 2 is 2.18 bits per heavy atom. The Morgan fingerprint density at radius 3 is 2.71 bits per heavy atom. The van der Waals surface area contributed by atoms with E-state index in [9.17, 15) is 14.4 Å². The lowest BCUT2D eigenvalue weighted by molar-refractivity contribution is -0.125. The number of carboxylic acid groups (broad SMARTS) is 1. The van der Waals surface area contributed by atoms with Crippen molar-refractivity contribution in [2.24, 2.45) is 5.73 Å². The summed E-state index contributed by atoms with van der Waals surface area (Å²) in [5, 5.41) is 14.6. The van der Waals surface area contributed by atoms with Crippen LogP contribution in [0.4, 0.5) is 0 Å². The molecule has 0 aliphatic heterocycles. The first-order valence-corrected chi connectivity index (χ1v) is 4.81. The molecular formula is C9H12N4O4. The molecule has 17 heavy (non-hydrogen) atoms. The van der Waals surface area contributed by atoms with Gasteiger partial charge < -0.3 is 16.2 Å². The Bertz CT molecular complexity index is 440. The fourth-order valence-corrected chi connectivity index (χ4v) is 1.09.